The highest BCUT2D eigenvalue weighted by molar-refractivity contribution is 5.95. The number of aromatic hydroxyl groups is 2. The number of phenols is 2. The molecule has 14 nitrogen and oxygen atoms in total. The standard InChI is InChI=1S/C28H38N6O8/c29-12-2-1-3-21(26(39)34-23(28(41)42)14-17-6-10-19(36)11-7-17)32-27(40)22(13-16-4-8-18(35)9-5-16)33-25(38)20(30)15-24(31)37/h4-11,20-23,35-36H,1-3,12-15,29-30H2,(H2,31,37)(H,32,40)(H,33,38)(H,34,39)(H,41,42). The molecule has 2 aromatic rings. The smallest absolute Gasteiger partial charge is 0.326 e. The Balaban J connectivity index is 2.25. The molecule has 4 unspecified atom stereocenters. The number of benzene rings is 2. The molecule has 228 valence electrons. The van der Waals surface area contributed by atoms with Gasteiger partial charge in [-0.2, -0.15) is 0 Å². The third-order valence-electron chi connectivity index (χ3n) is 6.34. The fourth-order valence-corrected chi connectivity index (χ4v) is 4.04. The molecule has 2 rings (SSSR count). The molecule has 0 aliphatic heterocycles. The summed E-state index contributed by atoms with van der Waals surface area (Å²) in [6.45, 7) is 0.332. The molecule has 0 aliphatic carbocycles. The van der Waals surface area contributed by atoms with E-state index in [1.165, 1.54) is 48.5 Å². The number of rotatable bonds is 17. The maximum Gasteiger partial charge on any atom is 0.326 e. The predicted molar refractivity (Wildman–Crippen MR) is 152 cm³/mol. The molecule has 0 aromatic heterocycles. The first-order valence-electron chi connectivity index (χ1n) is 13.3. The molecule has 0 saturated heterocycles. The van der Waals surface area contributed by atoms with Crippen LogP contribution in [0.3, 0.4) is 0 Å². The maximum absolute atomic E-state index is 13.4. The van der Waals surface area contributed by atoms with Crippen molar-refractivity contribution in [2.75, 3.05) is 6.54 Å². The highest BCUT2D eigenvalue weighted by Crippen LogP contribution is 2.14. The van der Waals surface area contributed by atoms with Crippen molar-refractivity contribution >= 4 is 29.6 Å². The molecule has 12 N–H and O–H groups in total. The van der Waals surface area contributed by atoms with Gasteiger partial charge in [-0.05, 0) is 61.2 Å². The lowest BCUT2D eigenvalue weighted by atomic mass is 10.0. The van der Waals surface area contributed by atoms with Crippen LogP contribution < -0.4 is 33.2 Å². The Kier molecular flexibility index (Phi) is 13.2. The molecular formula is C28H38N6O8. The number of carboxylic acids is 1. The van der Waals surface area contributed by atoms with Crippen molar-refractivity contribution in [3.8, 4) is 11.5 Å². The summed E-state index contributed by atoms with van der Waals surface area (Å²) in [5, 5.41) is 36.3. The van der Waals surface area contributed by atoms with Crippen LogP contribution in [0.5, 0.6) is 11.5 Å². The number of hydrogen-bond acceptors (Lipinski definition) is 9. The van der Waals surface area contributed by atoms with Gasteiger partial charge in [-0.15, -0.1) is 0 Å². The van der Waals surface area contributed by atoms with E-state index in [9.17, 15) is 39.3 Å². The van der Waals surface area contributed by atoms with Crippen molar-refractivity contribution in [1.29, 1.82) is 0 Å². The van der Waals surface area contributed by atoms with E-state index in [0.717, 1.165) is 0 Å². The van der Waals surface area contributed by atoms with Crippen LogP contribution in [-0.4, -0.2) is 75.6 Å². The SMILES string of the molecule is NCCCCC(NC(=O)C(Cc1ccc(O)cc1)NC(=O)C(N)CC(N)=O)C(=O)NC(Cc1ccc(O)cc1)C(=O)O. The largest absolute Gasteiger partial charge is 0.508 e. The molecule has 0 heterocycles. The van der Waals surface area contributed by atoms with Crippen LogP contribution in [0, 0.1) is 0 Å². The summed E-state index contributed by atoms with van der Waals surface area (Å²) < 4.78 is 0. The number of unbranched alkanes of at least 4 members (excludes halogenated alkanes) is 1. The zero-order valence-electron chi connectivity index (χ0n) is 23.0. The van der Waals surface area contributed by atoms with E-state index in [1.807, 2.05) is 0 Å². The molecule has 0 fully saturated rings. The van der Waals surface area contributed by atoms with Gasteiger partial charge in [0.15, 0.2) is 0 Å². The lowest BCUT2D eigenvalue weighted by Gasteiger charge is -2.25. The zero-order valence-corrected chi connectivity index (χ0v) is 23.0. The van der Waals surface area contributed by atoms with E-state index in [-0.39, 0.29) is 30.8 Å². The fraction of sp³-hybridized carbons (Fsp3) is 0.393. The van der Waals surface area contributed by atoms with Gasteiger partial charge in [0, 0.05) is 12.8 Å². The fourth-order valence-electron chi connectivity index (χ4n) is 4.04. The van der Waals surface area contributed by atoms with Crippen LogP contribution in [0.15, 0.2) is 48.5 Å². The zero-order chi connectivity index (χ0) is 31.2. The van der Waals surface area contributed by atoms with Crippen molar-refractivity contribution < 1.29 is 39.3 Å². The Morgan fingerprint density at radius 2 is 1.14 bits per heavy atom. The van der Waals surface area contributed by atoms with E-state index < -0.39 is 60.2 Å². The maximum atomic E-state index is 13.4. The Bertz CT molecular complexity index is 1220. The lowest BCUT2D eigenvalue weighted by molar-refractivity contribution is -0.142. The summed E-state index contributed by atoms with van der Waals surface area (Å²) >= 11 is 0. The first-order valence-corrected chi connectivity index (χ1v) is 13.3. The summed E-state index contributed by atoms with van der Waals surface area (Å²) in [6.07, 6.45) is 0.496. The van der Waals surface area contributed by atoms with Crippen LogP contribution in [0.4, 0.5) is 0 Å². The van der Waals surface area contributed by atoms with Crippen LogP contribution in [-0.2, 0) is 36.8 Å². The molecule has 2 aromatic carbocycles. The Labute approximate surface area is 242 Å². The van der Waals surface area contributed by atoms with Gasteiger partial charge < -0.3 is 48.5 Å². The Morgan fingerprint density at radius 3 is 1.62 bits per heavy atom. The number of amides is 4. The highest BCUT2D eigenvalue weighted by atomic mass is 16.4. The van der Waals surface area contributed by atoms with Gasteiger partial charge in [0.2, 0.25) is 23.6 Å². The molecule has 0 spiro atoms. The van der Waals surface area contributed by atoms with Crippen LogP contribution in [0.1, 0.15) is 36.8 Å². The average Bonchev–Trinajstić information content (AvgIpc) is 2.93. The van der Waals surface area contributed by atoms with Gasteiger partial charge >= 0.3 is 5.97 Å². The number of nitrogens with one attached hydrogen (secondary N) is 3. The molecule has 0 saturated carbocycles. The van der Waals surface area contributed by atoms with E-state index in [1.54, 1.807) is 0 Å². The highest BCUT2D eigenvalue weighted by Gasteiger charge is 2.30. The third kappa shape index (κ3) is 11.4. The van der Waals surface area contributed by atoms with Crippen molar-refractivity contribution in [1.82, 2.24) is 16.0 Å². The number of primary amides is 1. The minimum atomic E-state index is -1.34. The first-order chi connectivity index (χ1) is 19.9. The second kappa shape index (κ2) is 16.5. The molecule has 4 amide bonds. The summed E-state index contributed by atoms with van der Waals surface area (Å²) in [5.41, 5.74) is 17.6. The van der Waals surface area contributed by atoms with E-state index >= 15 is 0 Å². The molecule has 0 aliphatic rings. The quantitative estimate of drug-likeness (QED) is 0.0995. The number of hydrogen-bond donors (Lipinski definition) is 9. The van der Waals surface area contributed by atoms with Crippen molar-refractivity contribution in [3.63, 3.8) is 0 Å². The summed E-state index contributed by atoms with van der Waals surface area (Å²) in [6, 6.07) is 6.62. The van der Waals surface area contributed by atoms with Gasteiger partial charge in [0.1, 0.15) is 29.6 Å². The van der Waals surface area contributed by atoms with Gasteiger partial charge in [-0.1, -0.05) is 24.3 Å². The second-order valence-corrected chi connectivity index (χ2v) is 9.82. The topological polar surface area (TPSA) is 260 Å². The van der Waals surface area contributed by atoms with Crippen LogP contribution in [0.2, 0.25) is 0 Å². The molecule has 0 radical (unpaired) electrons. The number of carbonyl (C=O) groups excluding carboxylic acids is 4. The van der Waals surface area contributed by atoms with E-state index in [0.29, 0.717) is 30.5 Å². The number of carbonyl (C=O) groups is 5. The summed E-state index contributed by atoms with van der Waals surface area (Å²) in [7, 11) is 0. The first kappa shape index (κ1) is 33.5. The van der Waals surface area contributed by atoms with Crippen molar-refractivity contribution in [2.45, 2.75) is 62.7 Å². The monoisotopic (exact) mass is 586 g/mol. The summed E-state index contributed by atoms with van der Waals surface area (Å²) in [5.74, 6) is -4.46. The van der Waals surface area contributed by atoms with Gasteiger partial charge in [0.05, 0.1) is 12.5 Å². The van der Waals surface area contributed by atoms with Crippen molar-refractivity contribution in [3.05, 3.63) is 59.7 Å². The molecule has 14 heteroatoms. The Hall–Kier alpha value is -4.69. The normalized spacial score (nSPS) is 13.7. The van der Waals surface area contributed by atoms with E-state index in [2.05, 4.69) is 16.0 Å². The Morgan fingerprint density at radius 1 is 0.690 bits per heavy atom. The molecular weight excluding hydrogens is 548 g/mol. The number of nitrogens with two attached hydrogens (primary N) is 3. The number of phenolic OH excluding ortho intramolecular Hbond substituents is 2. The minimum Gasteiger partial charge on any atom is -0.508 e. The molecule has 42 heavy (non-hydrogen) atoms. The number of carboxylic acid groups (broad SMARTS) is 1. The lowest BCUT2D eigenvalue weighted by Crippen LogP contribution is -2.58. The van der Waals surface area contributed by atoms with E-state index in [4.69, 9.17) is 17.2 Å². The summed E-state index contributed by atoms with van der Waals surface area (Å²) in [4.78, 5) is 62.5. The molecule has 4 atom stereocenters. The van der Waals surface area contributed by atoms with Gasteiger partial charge in [-0.25, -0.2) is 4.79 Å². The average molecular weight is 587 g/mol. The van der Waals surface area contributed by atoms with Crippen molar-refractivity contribution in [2.24, 2.45) is 17.2 Å². The van der Waals surface area contributed by atoms with Crippen LogP contribution in [0.25, 0.3) is 0 Å². The third-order valence-corrected chi connectivity index (χ3v) is 6.34. The second-order valence-electron chi connectivity index (χ2n) is 9.82. The van der Waals surface area contributed by atoms with Gasteiger partial charge in [0.25, 0.3) is 0 Å². The molecule has 0 bridgehead atoms. The minimum absolute atomic E-state index is 0.00173. The number of aliphatic carboxylic acids is 1. The predicted octanol–water partition coefficient (Wildman–Crippen LogP) is -1.25. The van der Waals surface area contributed by atoms with Gasteiger partial charge in [-0.3, -0.25) is 19.2 Å². The van der Waals surface area contributed by atoms with Crippen LogP contribution >= 0.6 is 0 Å².